The smallest absolute Gasteiger partial charge is 0.181 e. The number of halogens is 1. The Morgan fingerprint density at radius 3 is 2.67 bits per heavy atom. The van der Waals surface area contributed by atoms with Crippen molar-refractivity contribution in [3.8, 4) is 12.3 Å². The lowest BCUT2D eigenvalue weighted by Gasteiger charge is -1.79. The summed E-state index contributed by atoms with van der Waals surface area (Å²) in [6, 6.07) is 1.84. The molecule has 1 aromatic rings. The van der Waals surface area contributed by atoms with Gasteiger partial charge in [-0.1, -0.05) is 0 Å². The molecule has 0 fully saturated rings. The molecule has 0 unspecified atom stereocenters. The van der Waals surface area contributed by atoms with Crippen molar-refractivity contribution in [2.75, 3.05) is 0 Å². The van der Waals surface area contributed by atoms with Crippen molar-refractivity contribution in [3.05, 3.63) is 22.1 Å². The van der Waals surface area contributed by atoms with E-state index in [0.717, 1.165) is 5.56 Å². The number of furan rings is 1. The maximum absolute atomic E-state index is 5.10. The molecular formula is C7H5BrO. The van der Waals surface area contributed by atoms with Crippen LogP contribution in [-0.4, -0.2) is 0 Å². The summed E-state index contributed by atoms with van der Waals surface area (Å²) in [7, 11) is 0. The first-order valence-corrected chi connectivity index (χ1v) is 3.26. The van der Waals surface area contributed by atoms with Gasteiger partial charge in [-0.25, -0.2) is 0 Å². The Morgan fingerprint density at radius 1 is 1.78 bits per heavy atom. The summed E-state index contributed by atoms with van der Waals surface area (Å²) in [6.07, 6.45) is 5.10. The Balaban J connectivity index is 3.20. The minimum Gasteiger partial charge on any atom is -0.441 e. The molecule has 0 spiro atoms. The van der Waals surface area contributed by atoms with Crippen molar-refractivity contribution in [3.63, 3.8) is 0 Å². The number of terminal acetylenes is 1. The van der Waals surface area contributed by atoms with E-state index in [1.54, 1.807) is 0 Å². The highest BCUT2D eigenvalue weighted by Crippen LogP contribution is 2.17. The second kappa shape index (κ2) is 2.28. The number of hydrogen-bond acceptors (Lipinski definition) is 1. The highest BCUT2D eigenvalue weighted by Gasteiger charge is 1.99. The van der Waals surface area contributed by atoms with Crippen molar-refractivity contribution < 1.29 is 4.42 Å². The van der Waals surface area contributed by atoms with Gasteiger partial charge >= 0.3 is 0 Å². The van der Waals surface area contributed by atoms with E-state index in [-0.39, 0.29) is 0 Å². The zero-order valence-corrected chi connectivity index (χ0v) is 6.53. The molecule has 0 aromatic carbocycles. The lowest BCUT2D eigenvalue weighted by Crippen LogP contribution is -1.67. The largest absolute Gasteiger partial charge is 0.441 e. The highest BCUT2D eigenvalue weighted by atomic mass is 79.9. The summed E-state index contributed by atoms with van der Waals surface area (Å²) < 4.78 is 5.73. The van der Waals surface area contributed by atoms with Gasteiger partial charge in [-0.05, 0) is 34.8 Å². The molecule has 0 N–H and O–H groups in total. The molecular weight excluding hydrogens is 180 g/mol. The Bertz CT molecular complexity index is 254. The van der Waals surface area contributed by atoms with Crippen LogP contribution < -0.4 is 0 Å². The van der Waals surface area contributed by atoms with Crippen LogP contribution in [0.3, 0.4) is 0 Å². The third-order valence-electron chi connectivity index (χ3n) is 1.02. The van der Waals surface area contributed by atoms with Crippen LogP contribution in [0, 0.1) is 19.3 Å². The van der Waals surface area contributed by atoms with Crippen LogP contribution in [0.4, 0.5) is 0 Å². The Kier molecular flexibility index (Phi) is 1.63. The standard InChI is InChI=1S/C7H5BrO/c1-3-6-5(2)4-7(8)9-6/h1,4H,2H3. The van der Waals surface area contributed by atoms with Crippen LogP contribution in [0.5, 0.6) is 0 Å². The van der Waals surface area contributed by atoms with Crippen molar-refractivity contribution in [1.82, 2.24) is 0 Å². The predicted molar refractivity (Wildman–Crippen MR) is 39.1 cm³/mol. The lowest BCUT2D eigenvalue weighted by molar-refractivity contribution is 0.527. The van der Waals surface area contributed by atoms with Gasteiger partial charge in [0.1, 0.15) is 0 Å². The second-order valence-corrected chi connectivity index (χ2v) is 2.49. The van der Waals surface area contributed by atoms with E-state index < -0.39 is 0 Å². The molecule has 0 saturated heterocycles. The van der Waals surface area contributed by atoms with Gasteiger partial charge in [0.15, 0.2) is 10.4 Å². The van der Waals surface area contributed by atoms with E-state index in [0.29, 0.717) is 10.4 Å². The summed E-state index contributed by atoms with van der Waals surface area (Å²) in [5.41, 5.74) is 0.990. The minimum atomic E-state index is 0.599. The van der Waals surface area contributed by atoms with Gasteiger partial charge in [0, 0.05) is 5.56 Å². The number of rotatable bonds is 0. The van der Waals surface area contributed by atoms with Gasteiger partial charge in [-0.3, -0.25) is 0 Å². The molecule has 0 atom stereocenters. The van der Waals surface area contributed by atoms with Crippen LogP contribution >= 0.6 is 15.9 Å². The van der Waals surface area contributed by atoms with Crippen LogP contribution in [0.2, 0.25) is 0 Å². The monoisotopic (exact) mass is 184 g/mol. The molecule has 46 valence electrons. The van der Waals surface area contributed by atoms with E-state index in [2.05, 4.69) is 21.9 Å². The Hall–Kier alpha value is -0.680. The van der Waals surface area contributed by atoms with Crippen LogP contribution in [0.15, 0.2) is 15.2 Å². The minimum absolute atomic E-state index is 0.599. The van der Waals surface area contributed by atoms with Gasteiger partial charge in [0.05, 0.1) is 0 Å². The predicted octanol–water partition coefficient (Wildman–Crippen LogP) is 2.33. The lowest BCUT2D eigenvalue weighted by atomic mass is 10.3. The number of aryl methyl sites for hydroxylation is 1. The van der Waals surface area contributed by atoms with E-state index in [4.69, 9.17) is 10.8 Å². The van der Waals surface area contributed by atoms with Gasteiger partial charge < -0.3 is 4.42 Å². The topological polar surface area (TPSA) is 13.1 Å². The zero-order chi connectivity index (χ0) is 6.85. The van der Waals surface area contributed by atoms with Gasteiger partial charge in [0.2, 0.25) is 0 Å². The fraction of sp³-hybridized carbons (Fsp3) is 0.143. The summed E-state index contributed by atoms with van der Waals surface area (Å²) in [6.45, 7) is 1.91. The summed E-state index contributed by atoms with van der Waals surface area (Å²) >= 11 is 3.16. The molecule has 1 aromatic heterocycles. The number of hydrogen-bond donors (Lipinski definition) is 0. The van der Waals surface area contributed by atoms with Crippen LogP contribution in [0.25, 0.3) is 0 Å². The van der Waals surface area contributed by atoms with E-state index in [9.17, 15) is 0 Å². The second-order valence-electron chi connectivity index (χ2n) is 1.71. The van der Waals surface area contributed by atoms with E-state index >= 15 is 0 Å². The summed E-state index contributed by atoms with van der Waals surface area (Å²) in [5, 5.41) is 0. The van der Waals surface area contributed by atoms with Gasteiger partial charge in [-0.2, -0.15) is 0 Å². The van der Waals surface area contributed by atoms with E-state index in [1.807, 2.05) is 13.0 Å². The molecule has 0 amide bonds. The van der Waals surface area contributed by atoms with Crippen molar-refractivity contribution in [2.45, 2.75) is 6.92 Å². The molecule has 0 aliphatic heterocycles. The Morgan fingerprint density at radius 2 is 2.44 bits per heavy atom. The molecule has 0 radical (unpaired) electrons. The fourth-order valence-electron chi connectivity index (χ4n) is 0.587. The van der Waals surface area contributed by atoms with Gasteiger partial charge in [0.25, 0.3) is 0 Å². The molecule has 1 nitrogen and oxygen atoms in total. The molecule has 0 aliphatic rings. The third kappa shape index (κ3) is 1.17. The van der Waals surface area contributed by atoms with Crippen LogP contribution in [-0.2, 0) is 0 Å². The quantitative estimate of drug-likeness (QED) is 0.565. The van der Waals surface area contributed by atoms with Crippen molar-refractivity contribution >= 4 is 15.9 Å². The molecule has 0 bridgehead atoms. The molecule has 1 rings (SSSR count). The SMILES string of the molecule is C#Cc1oc(Br)cc1C. The molecule has 0 saturated carbocycles. The first-order chi connectivity index (χ1) is 4.24. The van der Waals surface area contributed by atoms with Crippen LogP contribution in [0.1, 0.15) is 11.3 Å². The molecule has 1 heterocycles. The maximum atomic E-state index is 5.10. The summed E-state index contributed by atoms with van der Waals surface area (Å²) in [5.74, 6) is 3.02. The fourth-order valence-corrected chi connectivity index (χ4v) is 1.09. The molecule has 9 heavy (non-hydrogen) atoms. The van der Waals surface area contributed by atoms with E-state index in [1.165, 1.54) is 0 Å². The van der Waals surface area contributed by atoms with Gasteiger partial charge in [-0.15, -0.1) is 6.42 Å². The average Bonchev–Trinajstić information content (AvgIpc) is 2.10. The normalized spacial score (nSPS) is 9.00. The molecule has 0 aliphatic carbocycles. The highest BCUT2D eigenvalue weighted by molar-refractivity contribution is 9.10. The third-order valence-corrected chi connectivity index (χ3v) is 1.41. The first-order valence-electron chi connectivity index (χ1n) is 2.46. The average molecular weight is 185 g/mol. The molecule has 2 heteroatoms. The van der Waals surface area contributed by atoms with Crippen molar-refractivity contribution in [2.24, 2.45) is 0 Å². The summed E-state index contributed by atoms with van der Waals surface area (Å²) in [4.78, 5) is 0. The zero-order valence-electron chi connectivity index (χ0n) is 4.94. The first kappa shape index (κ1) is 6.44. The Labute approximate surface area is 62.2 Å². The maximum Gasteiger partial charge on any atom is 0.181 e. The van der Waals surface area contributed by atoms with Crippen molar-refractivity contribution in [1.29, 1.82) is 0 Å².